The van der Waals surface area contributed by atoms with Gasteiger partial charge in [-0.2, -0.15) is 0 Å². The summed E-state index contributed by atoms with van der Waals surface area (Å²) in [5.41, 5.74) is 1.05. The van der Waals surface area contributed by atoms with E-state index in [0.29, 0.717) is 12.5 Å². The van der Waals surface area contributed by atoms with Crippen LogP contribution in [0.15, 0.2) is 35.5 Å². The molecule has 2 rings (SSSR count). The standard InChI is InChI=1S/C15H19N5O2S/c1-11-9-18-14(23-11)7-8-17-15(16-2)19-10-12-3-5-13(6-4-12)20(21)22/h3-6,9H,7-8,10H2,1-2H3,(H2,16,17,19). The maximum atomic E-state index is 10.6. The van der Waals surface area contributed by atoms with Crippen LogP contribution in [0.4, 0.5) is 5.69 Å². The first-order valence-electron chi connectivity index (χ1n) is 7.17. The number of hydrogen-bond acceptors (Lipinski definition) is 5. The molecule has 0 unspecified atom stereocenters. The van der Waals surface area contributed by atoms with Crippen molar-refractivity contribution in [3.63, 3.8) is 0 Å². The minimum absolute atomic E-state index is 0.0926. The SMILES string of the molecule is CN=C(NCCc1ncc(C)s1)NCc1ccc([N+](=O)[O-])cc1. The van der Waals surface area contributed by atoms with Crippen molar-refractivity contribution < 1.29 is 4.92 Å². The molecule has 0 saturated heterocycles. The van der Waals surface area contributed by atoms with Crippen LogP contribution in [0.5, 0.6) is 0 Å². The molecule has 7 nitrogen and oxygen atoms in total. The number of nitrogens with zero attached hydrogens (tertiary/aromatic N) is 3. The van der Waals surface area contributed by atoms with Crippen molar-refractivity contribution in [2.24, 2.45) is 4.99 Å². The predicted octanol–water partition coefficient (Wildman–Crippen LogP) is 2.27. The quantitative estimate of drug-likeness (QED) is 0.366. The highest BCUT2D eigenvalue weighted by Gasteiger charge is 2.05. The van der Waals surface area contributed by atoms with Crippen LogP contribution < -0.4 is 10.6 Å². The van der Waals surface area contributed by atoms with E-state index in [4.69, 9.17) is 0 Å². The van der Waals surface area contributed by atoms with E-state index in [-0.39, 0.29) is 5.69 Å². The van der Waals surface area contributed by atoms with E-state index in [1.807, 2.05) is 13.1 Å². The van der Waals surface area contributed by atoms with E-state index < -0.39 is 4.92 Å². The van der Waals surface area contributed by atoms with E-state index in [1.54, 1.807) is 30.5 Å². The summed E-state index contributed by atoms with van der Waals surface area (Å²) in [7, 11) is 1.71. The molecule has 0 saturated carbocycles. The summed E-state index contributed by atoms with van der Waals surface area (Å²) in [6, 6.07) is 6.46. The molecule has 2 N–H and O–H groups in total. The molecule has 0 fully saturated rings. The molecule has 0 spiro atoms. The van der Waals surface area contributed by atoms with E-state index in [9.17, 15) is 10.1 Å². The van der Waals surface area contributed by atoms with Crippen molar-refractivity contribution in [2.45, 2.75) is 19.9 Å². The first-order valence-corrected chi connectivity index (χ1v) is 7.99. The third-order valence-electron chi connectivity index (χ3n) is 3.13. The number of aromatic nitrogens is 1. The summed E-state index contributed by atoms with van der Waals surface area (Å²) in [6.07, 6.45) is 2.72. The Morgan fingerprint density at radius 1 is 1.35 bits per heavy atom. The fourth-order valence-corrected chi connectivity index (χ4v) is 2.73. The zero-order valence-electron chi connectivity index (χ0n) is 13.1. The van der Waals surface area contributed by atoms with Gasteiger partial charge < -0.3 is 10.6 Å². The first-order chi connectivity index (χ1) is 11.1. The minimum atomic E-state index is -0.405. The van der Waals surface area contributed by atoms with Crippen molar-refractivity contribution in [1.82, 2.24) is 15.6 Å². The Bertz CT molecular complexity index is 681. The van der Waals surface area contributed by atoms with Crippen molar-refractivity contribution in [1.29, 1.82) is 0 Å². The number of nitrogens with one attached hydrogen (secondary N) is 2. The van der Waals surface area contributed by atoms with E-state index in [2.05, 4.69) is 20.6 Å². The Balaban J connectivity index is 1.77. The Morgan fingerprint density at radius 2 is 2.09 bits per heavy atom. The Morgan fingerprint density at radius 3 is 2.65 bits per heavy atom. The van der Waals surface area contributed by atoms with Gasteiger partial charge in [0, 0.05) is 49.8 Å². The minimum Gasteiger partial charge on any atom is -0.356 e. The number of non-ortho nitro benzene ring substituents is 1. The molecule has 0 aliphatic rings. The van der Waals surface area contributed by atoms with Gasteiger partial charge in [-0.3, -0.25) is 15.1 Å². The molecule has 8 heteroatoms. The fraction of sp³-hybridized carbons (Fsp3) is 0.333. The summed E-state index contributed by atoms with van der Waals surface area (Å²) in [4.78, 5) is 19.9. The van der Waals surface area contributed by atoms with E-state index in [1.165, 1.54) is 17.0 Å². The molecule has 0 aliphatic carbocycles. The van der Waals surface area contributed by atoms with Gasteiger partial charge in [-0.25, -0.2) is 4.98 Å². The number of nitro benzene ring substituents is 1. The molecule has 1 aromatic heterocycles. The molecular formula is C15H19N5O2S. The van der Waals surface area contributed by atoms with Gasteiger partial charge in [-0.1, -0.05) is 12.1 Å². The number of guanidine groups is 1. The molecule has 1 aromatic carbocycles. The summed E-state index contributed by atoms with van der Waals surface area (Å²) in [5.74, 6) is 0.691. The van der Waals surface area contributed by atoms with Gasteiger partial charge >= 0.3 is 0 Å². The first kappa shape index (κ1) is 16.9. The number of nitro groups is 1. The van der Waals surface area contributed by atoms with Crippen molar-refractivity contribution in [3.8, 4) is 0 Å². The lowest BCUT2D eigenvalue weighted by atomic mass is 10.2. The normalized spacial score (nSPS) is 11.3. The maximum absolute atomic E-state index is 10.6. The number of thiazole rings is 1. The monoisotopic (exact) mass is 333 g/mol. The topological polar surface area (TPSA) is 92.5 Å². The van der Waals surface area contributed by atoms with Crippen LogP contribution in [0.3, 0.4) is 0 Å². The molecule has 0 bridgehead atoms. The average molecular weight is 333 g/mol. The average Bonchev–Trinajstić information content (AvgIpc) is 2.96. The smallest absolute Gasteiger partial charge is 0.269 e. The highest BCUT2D eigenvalue weighted by Crippen LogP contribution is 2.12. The molecule has 1 heterocycles. The Labute approximate surface area is 138 Å². The second-order valence-electron chi connectivity index (χ2n) is 4.89. The third-order valence-corrected chi connectivity index (χ3v) is 4.10. The van der Waals surface area contributed by atoms with Crippen LogP contribution in [-0.4, -0.2) is 29.5 Å². The van der Waals surface area contributed by atoms with Gasteiger partial charge in [0.05, 0.1) is 9.93 Å². The zero-order valence-corrected chi connectivity index (χ0v) is 13.9. The Hall–Kier alpha value is -2.48. The third kappa shape index (κ3) is 5.33. The van der Waals surface area contributed by atoms with E-state index >= 15 is 0 Å². The maximum Gasteiger partial charge on any atom is 0.269 e. The summed E-state index contributed by atoms with van der Waals surface area (Å²) in [6.45, 7) is 3.33. The van der Waals surface area contributed by atoms with Crippen molar-refractivity contribution in [3.05, 3.63) is 56.0 Å². The molecular weight excluding hydrogens is 314 g/mol. The highest BCUT2D eigenvalue weighted by molar-refractivity contribution is 7.11. The molecule has 0 atom stereocenters. The summed E-state index contributed by atoms with van der Waals surface area (Å²) >= 11 is 1.69. The number of hydrogen-bond donors (Lipinski definition) is 2. The number of aliphatic imine (C=N–C) groups is 1. The van der Waals surface area contributed by atoms with Crippen molar-refractivity contribution in [2.75, 3.05) is 13.6 Å². The highest BCUT2D eigenvalue weighted by atomic mass is 32.1. The molecule has 0 aliphatic heterocycles. The van der Waals surface area contributed by atoms with Gasteiger partial charge in [0.25, 0.3) is 5.69 Å². The van der Waals surface area contributed by atoms with Gasteiger partial charge in [-0.05, 0) is 12.5 Å². The second kappa shape index (κ2) is 8.23. The van der Waals surface area contributed by atoms with Crippen LogP contribution in [-0.2, 0) is 13.0 Å². The Kier molecular flexibility index (Phi) is 6.04. The largest absolute Gasteiger partial charge is 0.356 e. The van der Waals surface area contributed by atoms with Gasteiger partial charge in [0.1, 0.15) is 0 Å². The molecule has 0 radical (unpaired) electrons. The van der Waals surface area contributed by atoms with Crippen LogP contribution in [0.25, 0.3) is 0 Å². The lowest BCUT2D eigenvalue weighted by molar-refractivity contribution is -0.384. The number of rotatable bonds is 6. The number of benzene rings is 1. The fourth-order valence-electron chi connectivity index (χ4n) is 1.95. The predicted molar refractivity (Wildman–Crippen MR) is 91.9 cm³/mol. The lowest BCUT2D eigenvalue weighted by Gasteiger charge is -2.11. The summed E-state index contributed by atoms with van der Waals surface area (Å²) < 4.78 is 0. The van der Waals surface area contributed by atoms with Crippen LogP contribution in [0.1, 0.15) is 15.4 Å². The van der Waals surface area contributed by atoms with Crippen molar-refractivity contribution >= 4 is 23.0 Å². The molecule has 122 valence electrons. The van der Waals surface area contributed by atoms with Gasteiger partial charge in [0.15, 0.2) is 5.96 Å². The lowest BCUT2D eigenvalue weighted by Crippen LogP contribution is -2.37. The number of aryl methyl sites for hydroxylation is 1. The zero-order chi connectivity index (χ0) is 16.7. The second-order valence-corrected chi connectivity index (χ2v) is 6.21. The molecule has 2 aromatic rings. The van der Waals surface area contributed by atoms with E-state index in [0.717, 1.165) is 23.5 Å². The molecule has 23 heavy (non-hydrogen) atoms. The van der Waals surface area contributed by atoms with Gasteiger partial charge in [0.2, 0.25) is 0 Å². The van der Waals surface area contributed by atoms with Crippen LogP contribution in [0.2, 0.25) is 0 Å². The molecule has 0 amide bonds. The van der Waals surface area contributed by atoms with Gasteiger partial charge in [-0.15, -0.1) is 11.3 Å². The summed E-state index contributed by atoms with van der Waals surface area (Å²) in [5, 5.41) is 18.1. The van der Waals surface area contributed by atoms with Crippen LogP contribution in [0, 0.1) is 17.0 Å². The van der Waals surface area contributed by atoms with Crippen LogP contribution >= 0.6 is 11.3 Å².